The van der Waals surface area contributed by atoms with Crippen LogP contribution in [0.25, 0.3) is 0 Å². The largest absolute Gasteiger partial charge is 0.409 e. The number of nitrogens with two attached hydrogens (primary N) is 1. The van der Waals surface area contributed by atoms with Gasteiger partial charge >= 0.3 is 0 Å². The predicted octanol–water partition coefficient (Wildman–Crippen LogP) is 2.37. The van der Waals surface area contributed by atoms with Crippen molar-refractivity contribution in [2.45, 2.75) is 27.2 Å². The molecule has 85 valence electrons. The SMILES string of the molecule is CC(C)(C)Cc1ccc(/C(N)=N/O)cc1.[Ac]. The van der Waals surface area contributed by atoms with E-state index in [4.69, 9.17) is 10.9 Å². The molecular weight excluding hydrogens is 415 g/mol. The number of hydrogen-bond donors (Lipinski definition) is 2. The molecule has 16 heavy (non-hydrogen) atoms. The Morgan fingerprint density at radius 1 is 1.25 bits per heavy atom. The van der Waals surface area contributed by atoms with Crippen molar-refractivity contribution in [1.82, 2.24) is 0 Å². The molecule has 1 aromatic carbocycles. The van der Waals surface area contributed by atoms with Crippen LogP contribution in [0.3, 0.4) is 0 Å². The number of hydrogen-bond acceptors (Lipinski definition) is 2. The fraction of sp³-hybridized carbons (Fsp3) is 0.417. The minimum atomic E-state index is 0. The van der Waals surface area contributed by atoms with Crippen molar-refractivity contribution in [3.05, 3.63) is 35.4 Å². The summed E-state index contributed by atoms with van der Waals surface area (Å²) in [6.07, 6.45) is 1.02. The zero-order valence-electron chi connectivity index (χ0n) is 10.1. The van der Waals surface area contributed by atoms with Gasteiger partial charge in [0.1, 0.15) is 0 Å². The monoisotopic (exact) mass is 433 g/mol. The maximum atomic E-state index is 8.51. The fourth-order valence-electron chi connectivity index (χ4n) is 1.46. The van der Waals surface area contributed by atoms with Gasteiger partial charge in [-0.3, -0.25) is 0 Å². The number of benzene rings is 1. The molecule has 0 aromatic heterocycles. The summed E-state index contributed by atoms with van der Waals surface area (Å²) >= 11 is 0. The minimum absolute atomic E-state index is 0. The molecule has 0 aliphatic carbocycles. The maximum absolute atomic E-state index is 8.51. The van der Waals surface area contributed by atoms with E-state index >= 15 is 0 Å². The van der Waals surface area contributed by atoms with Crippen LogP contribution in [0.4, 0.5) is 0 Å². The van der Waals surface area contributed by atoms with E-state index in [1.165, 1.54) is 5.56 Å². The molecule has 0 heterocycles. The third-order valence-corrected chi connectivity index (χ3v) is 2.09. The van der Waals surface area contributed by atoms with E-state index in [1.54, 1.807) is 0 Å². The summed E-state index contributed by atoms with van der Waals surface area (Å²) in [7, 11) is 0. The predicted molar refractivity (Wildman–Crippen MR) is 62.1 cm³/mol. The number of nitrogens with zero attached hydrogens (tertiary/aromatic N) is 1. The van der Waals surface area contributed by atoms with Gasteiger partial charge in [-0.05, 0) is 17.4 Å². The van der Waals surface area contributed by atoms with Gasteiger partial charge < -0.3 is 10.9 Å². The molecule has 1 aromatic rings. The molecule has 0 unspecified atom stereocenters. The second-order valence-electron chi connectivity index (χ2n) is 4.92. The molecule has 0 saturated carbocycles. The molecule has 0 spiro atoms. The molecule has 0 atom stereocenters. The van der Waals surface area contributed by atoms with Crippen molar-refractivity contribution in [3.8, 4) is 0 Å². The summed E-state index contributed by atoms with van der Waals surface area (Å²) in [6, 6.07) is 7.77. The first kappa shape index (κ1) is 15.9. The second kappa shape index (κ2) is 6.61. The van der Waals surface area contributed by atoms with Gasteiger partial charge in [-0.25, -0.2) is 0 Å². The quantitative estimate of drug-likeness (QED) is 0.326. The third kappa shape index (κ3) is 5.32. The minimum Gasteiger partial charge on any atom is -0.409 e. The summed E-state index contributed by atoms with van der Waals surface area (Å²) < 4.78 is 0. The van der Waals surface area contributed by atoms with E-state index in [0.717, 1.165) is 12.0 Å². The molecule has 0 saturated heterocycles. The molecule has 0 bridgehead atoms. The van der Waals surface area contributed by atoms with Crippen LogP contribution < -0.4 is 5.73 Å². The van der Waals surface area contributed by atoms with Gasteiger partial charge in [0.15, 0.2) is 5.84 Å². The van der Waals surface area contributed by atoms with E-state index in [2.05, 4.69) is 25.9 Å². The average molecular weight is 433 g/mol. The van der Waals surface area contributed by atoms with Crippen LogP contribution in [0.2, 0.25) is 0 Å². The molecule has 1 radical (unpaired) electrons. The van der Waals surface area contributed by atoms with Crippen molar-refractivity contribution in [2.75, 3.05) is 0 Å². The molecule has 3 nitrogen and oxygen atoms in total. The van der Waals surface area contributed by atoms with Crippen molar-refractivity contribution < 1.29 is 49.3 Å². The standard InChI is InChI=1S/C12H18N2O.Ac/c1-12(2,3)8-9-4-6-10(7-5-9)11(13)14-15;/h4-7,15H,8H2,1-3H3,(H2,13,14);. The maximum Gasteiger partial charge on any atom is 0.170 e. The second-order valence-corrected chi connectivity index (χ2v) is 4.92. The third-order valence-electron chi connectivity index (χ3n) is 2.09. The van der Waals surface area contributed by atoms with Gasteiger partial charge in [0.05, 0.1) is 0 Å². The van der Waals surface area contributed by atoms with E-state index in [9.17, 15) is 0 Å². The van der Waals surface area contributed by atoms with Crippen LogP contribution in [0, 0.1) is 49.5 Å². The van der Waals surface area contributed by atoms with E-state index < -0.39 is 0 Å². The first-order valence-electron chi connectivity index (χ1n) is 4.99. The van der Waals surface area contributed by atoms with Crippen LogP contribution in [0.1, 0.15) is 31.9 Å². The Morgan fingerprint density at radius 2 is 1.75 bits per heavy atom. The fourth-order valence-corrected chi connectivity index (χ4v) is 1.46. The average Bonchev–Trinajstić information content (AvgIpc) is 2.15. The molecule has 0 aliphatic heterocycles. The number of amidine groups is 1. The Labute approximate surface area is 133 Å². The Hall–Kier alpha value is -0.0684. The summed E-state index contributed by atoms with van der Waals surface area (Å²) in [5.74, 6) is 0.150. The first-order valence-corrected chi connectivity index (χ1v) is 4.99. The molecule has 0 amide bonds. The molecule has 4 heteroatoms. The summed E-state index contributed by atoms with van der Waals surface area (Å²) in [5, 5.41) is 11.5. The van der Waals surface area contributed by atoms with Crippen LogP contribution >= 0.6 is 0 Å². The zero-order chi connectivity index (χ0) is 11.5. The van der Waals surface area contributed by atoms with E-state index in [1.807, 2.05) is 24.3 Å². The van der Waals surface area contributed by atoms with Crippen molar-refractivity contribution in [3.63, 3.8) is 0 Å². The van der Waals surface area contributed by atoms with Crippen LogP contribution in [0.5, 0.6) is 0 Å². The summed E-state index contributed by atoms with van der Waals surface area (Å²) in [6.45, 7) is 6.60. The van der Waals surface area contributed by atoms with Crippen molar-refractivity contribution in [1.29, 1.82) is 0 Å². The van der Waals surface area contributed by atoms with Crippen LogP contribution in [0.15, 0.2) is 29.4 Å². The number of oxime groups is 1. The molecule has 1 rings (SSSR count). The normalized spacial score (nSPS) is 12.1. The molecule has 0 aliphatic rings. The Balaban J connectivity index is 0.00000225. The first-order chi connectivity index (χ1) is 6.92. The molecule has 3 N–H and O–H groups in total. The van der Waals surface area contributed by atoms with Crippen LogP contribution in [-0.4, -0.2) is 11.0 Å². The Bertz CT molecular complexity index is 352. The number of rotatable bonds is 2. The summed E-state index contributed by atoms with van der Waals surface area (Å²) in [5.41, 5.74) is 7.75. The van der Waals surface area contributed by atoms with Crippen molar-refractivity contribution >= 4 is 5.84 Å². The zero-order valence-corrected chi connectivity index (χ0v) is 14.8. The topological polar surface area (TPSA) is 58.6 Å². The Morgan fingerprint density at radius 3 is 2.12 bits per heavy atom. The van der Waals surface area contributed by atoms with Gasteiger partial charge in [0.2, 0.25) is 0 Å². The van der Waals surface area contributed by atoms with Gasteiger partial charge in [-0.1, -0.05) is 50.2 Å². The van der Waals surface area contributed by atoms with Crippen LogP contribution in [-0.2, 0) is 6.42 Å². The van der Waals surface area contributed by atoms with Gasteiger partial charge in [-0.15, -0.1) is 0 Å². The smallest absolute Gasteiger partial charge is 0.170 e. The summed E-state index contributed by atoms with van der Waals surface area (Å²) in [4.78, 5) is 0. The molecular formula is C12H18AcN2O. The van der Waals surface area contributed by atoms with Gasteiger partial charge in [0, 0.05) is 49.6 Å². The van der Waals surface area contributed by atoms with Crippen molar-refractivity contribution in [2.24, 2.45) is 16.3 Å². The molecule has 0 fully saturated rings. The van der Waals surface area contributed by atoms with E-state index in [0.29, 0.717) is 0 Å². The van der Waals surface area contributed by atoms with Gasteiger partial charge in [0.25, 0.3) is 0 Å². The van der Waals surface area contributed by atoms with Gasteiger partial charge in [-0.2, -0.15) is 0 Å². The Kier molecular flexibility index (Phi) is 6.59. The van der Waals surface area contributed by atoms with E-state index in [-0.39, 0.29) is 55.3 Å².